The first-order valence-electron chi connectivity index (χ1n) is 7.34. The fourth-order valence-electron chi connectivity index (χ4n) is 2.40. The molecular formula is C17H11ClFNO2S2. The van der Waals surface area contributed by atoms with Crippen molar-refractivity contribution in [2.24, 2.45) is 11.1 Å². The van der Waals surface area contributed by atoms with E-state index < -0.39 is 5.97 Å². The van der Waals surface area contributed by atoms with Crippen LogP contribution in [0.1, 0.15) is 28.1 Å². The minimum atomic E-state index is -0.561. The van der Waals surface area contributed by atoms with E-state index in [0.29, 0.717) is 15.6 Å². The van der Waals surface area contributed by atoms with E-state index in [4.69, 9.17) is 16.4 Å². The van der Waals surface area contributed by atoms with E-state index in [1.807, 2.05) is 11.4 Å². The second-order valence-electron chi connectivity index (χ2n) is 5.50. The van der Waals surface area contributed by atoms with Crippen molar-refractivity contribution >= 4 is 55.4 Å². The van der Waals surface area contributed by atoms with Crippen LogP contribution in [0.25, 0.3) is 9.40 Å². The molecule has 122 valence electrons. The number of nitrogens with zero attached hydrogens (tertiary/aromatic N) is 1. The summed E-state index contributed by atoms with van der Waals surface area (Å²) < 4.78 is 14.1. The Balaban J connectivity index is 1.59. The highest BCUT2D eigenvalue weighted by Gasteiger charge is 2.30. The van der Waals surface area contributed by atoms with Crippen LogP contribution >= 0.6 is 34.3 Å². The Kier molecular flexibility index (Phi) is 4.12. The lowest BCUT2D eigenvalue weighted by Gasteiger charge is -2.04. The van der Waals surface area contributed by atoms with Gasteiger partial charge >= 0.3 is 5.97 Å². The van der Waals surface area contributed by atoms with E-state index in [0.717, 1.165) is 27.8 Å². The molecule has 3 aromatic rings. The normalized spacial score (nSPS) is 15.0. The molecule has 0 saturated heterocycles. The predicted octanol–water partition coefficient (Wildman–Crippen LogP) is 5.73. The van der Waals surface area contributed by atoms with Crippen LogP contribution in [0, 0.1) is 11.7 Å². The maximum Gasteiger partial charge on any atom is 0.377 e. The molecule has 24 heavy (non-hydrogen) atoms. The monoisotopic (exact) mass is 379 g/mol. The van der Waals surface area contributed by atoms with Crippen molar-refractivity contribution in [3.05, 3.63) is 57.0 Å². The zero-order valence-corrected chi connectivity index (χ0v) is 14.7. The molecule has 0 spiro atoms. The number of halogens is 2. The predicted molar refractivity (Wildman–Crippen MR) is 95.8 cm³/mol. The number of benzene rings is 1. The van der Waals surface area contributed by atoms with Gasteiger partial charge in [-0.15, -0.1) is 22.7 Å². The van der Waals surface area contributed by atoms with Crippen molar-refractivity contribution in [3.63, 3.8) is 0 Å². The summed E-state index contributed by atoms with van der Waals surface area (Å²) in [5, 5.41) is 7.26. The summed E-state index contributed by atoms with van der Waals surface area (Å²) in [6.07, 6.45) is 1.98. The first kappa shape index (κ1) is 15.7. The third-order valence-corrected chi connectivity index (χ3v) is 6.51. The lowest BCUT2D eigenvalue weighted by Crippen LogP contribution is -2.07. The van der Waals surface area contributed by atoms with Crippen LogP contribution < -0.4 is 0 Å². The molecule has 1 aliphatic carbocycles. The fourth-order valence-corrected chi connectivity index (χ4v) is 4.88. The molecule has 0 radical (unpaired) electrons. The Bertz CT molecular complexity index is 941. The molecule has 0 N–H and O–H groups in total. The molecular weight excluding hydrogens is 369 g/mol. The van der Waals surface area contributed by atoms with Crippen LogP contribution in [0.15, 0.2) is 40.9 Å². The molecule has 2 heterocycles. The number of carbonyl (C=O) groups is 1. The van der Waals surface area contributed by atoms with Gasteiger partial charge in [0.25, 0.3) is 0 Å². The highest BCUT2D eigenvalue weighted by Crippen LogP contribution is 2.39. The Morgan fingerprint density at radius 3 is 2.67 bits per heavy atom. The lowest BCUT2D eigenvalue weighted by atomic mass is 10.1. The molecule has 1 fully saturated rings. The smallest absolute Gasteiger partial charge is 0.312 e. The van der Waals surface area contributed by atoms with Gasteiger partial charge in [0.1, 0.15) is 10.7 Å². The first-order chi connectivity index (χ1) is 11.6. The van der Waals surface area contributed by atoms with Crippen molar-refractivity contribution in [3.8, 4) is 0 Å². The largest absolute Gasteiger partial charge is 0.377 e. The summed E-state index contributed by atoms with van der Waals surface area (Å²) in [4.78, 5) is 17.8. The Labute approximate surface area is 150 Å². The second-order valence-corrected chi connectivity index (χ2v) is 8.08. The maximum absolute atomic E-state index is 13.1. The van der Waals surface area contributed by atoms with Crippen molar-refractivity contribution < 1.29 is 14.0 Å². The molecule has 0 aliphatic heterocycles. The van der Waals surface area contributed by atoms with Gasteiger partial charge in [0.2, 0.25) is 0 Å². The number of fused-ring (bicyclic) bond motifs is 1. The summed E-state index contributed by atoms with van der Waals surface area (Å²) in [6, 6.07) is 7.93. The SMILES string of the molecule is O=C(ON=C(c1ccc(F)cc1)C1CC1)c1sc2sccc2c1Cl. The number of thiophene rings is 2. The van der Waals surface area contributed by atoms with Crippen LogP contribution in [0.4, 0.5) is 4.39 Å². The quantitative estimate of drug-likeness (QED) is 0.330. The third kappa shape index (κ3) is 2.97. The van der Waals surface area contributed by atoms with E-state index in [1.54, 1.807) is 12.1 Å². The summed E-state index contributed by atoms with van der Waals surface area (Å²) in [5.74, 6) is -0.615. The number of hydrogen-bond acceptors (Lipinski definition) is 5. The van der Waals surface area contributed by atoms with Gasteiger partial charge in [-0.25, -0.2) is 9.18 Å². The van der Waals surface area contributed by atoms with Crippen LogP contribution in [0.3, 0.4) is 0 Å². The molecule has 0 amide bonds. The van der Waals surface area contributed by atoms with Gasteiger partial charge in [-0.05, 0) is 42.0 Å². The summed E-state index contributed by atoms with van der Waals surface area (Å²) in [5.41, 5.74) is 1.45. The van der Waals surface area contributed by atoms with Crippen molar-refractivity contribution in [2.45, 2.75) is 12.8 Å². The number of oxime groups is 1. The zero-order chi connectivity index (χ0) is 16.7. The highest BCUT2D eigenvalue weighted by molar-refractivity contribution is 7.38. The molecule has 0 atom stereocenters. The average molecular weight is 380 g/mol. The van der Waals surface area contributed by atoms with E-state index in [9.17, 15) is 9.18 Å². The minimum Gasteiger partial charge on any atom is -0.312 e. The third-order valence-electron chi connectivity index (χ3n) is 3.78. The van der Waals surface area contributed by atoms with Crippen LogP contribution in [0.5, 0.6) is 0 Å². The molecule has 2 aromatic heterocycles. The molecule has 3 nitrogen and oxygen atoms in total. The first-order valence-corrected chi connectivity index (χ1v) is 9.41. The van der Waals surface area contributed by atoms with Crippen LogP contribution in [-0.2, 0) is 4.84 Å². The van der Waals surface area contributed by atoms with E-state index in [2.05, 4.69) is 5.16 Å². The van der Waals surface area contributed by atoms with Crippen molar-refractivity contribution in [1.29, 1.82) is 0 Å². The molecule has 4 rings (SSSR count). The zero-order valence-electron chi connectivity index (χ0n) is 12.3. The van der Waals surface area contributed by atoms with E-state index in [1.165, 1.54) is 34.8 Å². The Morgan fingerprint density at radius 2 is 2.00 bits per heavy atom. The lowest BCUT2D eigenvalue weighted by molar-refractivity contribution is 0.0521. The summed E-state index contributed by atoms with van der Waals surface area (Å²) >= 11 is 9.08. The van der Waals surface area contributed by atoms with Gasteiger partial charge in [0, 0.05) is 11.3 Å². The Hall–Kier alpha value is -1.76. The Morgan fingerprint density at radius 1 is 1.25 bits per heavy atom. The van der Waals surface area contributed by atoms with Gasteiger partial charge in [-0.2, -0.15) is 0 Å². The van der Waals surface area contributed by atoms with Gasteiger partial charge in [0.15, 0.2) is 0 Å². The van der Waals surface area contributed by atoms with Crippen molar-refractivity contribution in [1.82, 2.24) is 0 Å². The molecule has 7 heteroatoms. The highest BCUT2D eigenvalue weighted by atomic mass is 35.5. The second kappa shape index (κ2) is 6.27. The number of rotatable bonds is 4. The molecule has 0 bridgehead atoms. The average Bonchev–Trinajstić information content (AvgIpc) is 3.21. The number of carbonyl (C=O) groups excluding carboxylic acids is 1. The topological polar surface area (TPSA) is 38.7 Å². The van der Waals surface area contributed by atoms with Gasteiger partial charge in [-0.3, -0.25) is 0 Å². The standard InChI is InChI=1S/C17H11ClFNO2S2/c18-13-12-7-8-23-17(12)24-15(13)16(21)22-20-14(9-1-2-9)10-3-5-11(19)6-4-10/h3-9H,1-2H2. The summed E-state index contributed by atoms with van der Waals surface area (Å²) in [7, 11) is 0. The van der Waals surface area contributed by atoms with E-state index >= 15 is 0 Å². The minimum absolute atomic E-state index is 0.255. The van der Waals surface area contributed by atoms with Crippen LogP contribution in [-0.4, -0.2) is 11.7 Å². The molecule has 0 unspecified atom stereocenters. The maximum atomic E-state index is 13.1. The van der Waals surface area contributed by atoms with Crippen LogP contribution in [0.2, 0.25) is 5.02 Å². The molecule has 1 saturated carbocycles. The molecule has 1 aromatic carbocycles. The van der Waals surface area contributed by atoms with Gasteiger partial charge in [-0.1, -0.05) is 28.9 Å². The van der Waals surface area contributed by atoms with E-state index in [-0.39, 0.29) is 11.7 Å². The summed E-state index contributed by atoms with van der Waals surface area (Å²) in [6.45, 7) is 0. The van der Waals surface area contributed by atoms with Gasteiger partial charge < -0.3 is 4.84 Å². The number of hydrogen-bond donors (Lipinski definition) is 0. The fraction of sp³-hybridized carbons (Fsp3) is 0.176. The van der Waals surface area contributed by atoms with Crippen molar-refractivity contribution in [2.75, 3.05) is 0 Å². The van der Waals surface area contributed by atoms with Gasteiger partial charge in [0.05, 0.1) is 14.7 Å². The molecule has 1 aliphatic rings.